The van der Waals surface area contributed by atoms with Crippen molar-refractivity contribution in [1.82, 2.24) is 11.5 Å². The molecule has 0 radical (unpaired) electrons. The fourth-order valence-electron chi connectivity index (χ4n) is 1.82. The van der Waals surface area contributed by atoms with E-state index in [0.29, 0.717) is 4.47 Å². The maximum atomic E-state index is 10.5. The zero-order chi connectivity index (χ0) is 15.0. The summed E-state index contributed by atoms with van der Waals surface area (Å²) in [6, 6.07) is 3.79. The highest BCUT2D eigenvalue weighted by Crippen LogP contribution is 2.15. The minimum Gasteiger partial charge on any atom is -0.478 e. The summed E-state index contributed by atoms with van der Waals surface area (Å²) in [5.74, 6) is -2.30. The van der Waals surface area contributed by atoms with Crippen LogP contribution in [-0.2, 0) is 0 Å². The van der Waals surface area contributed by atoms with Crippen molar-refractivity contribution in [3.8, 4) is 0 Å². The lowest BCUT2D eigenvalue weighted by Crippen LogP contribution is -2.12. The van der Waals surface area contributed by atoms with Gasteiger partial charge in [0.25, 0.3) is 0 Å². The van der Waals surface area contributed by atoms with Crippen LogP contribution in [-0.4, -0.2) is 35.2 Å². The molecule has 0 aromatic heterocycles. The van der Waals surface area contributed by atoms with Crippen molar-refractivity contribution in [2.75, 3.05) is 13.1 Å². The summed E-state index contributed by atoms with van der Waals surface area (Å²) in [4.78, 5) is 21.0. The number of carboxylic acid groups (broad SMARTS) is 2. The summed E-state index contributed by atoms with van der Waals surface area (Å²) in [5.41, 5.74) is -0.0986. The number of rotatable bonds is 2. The van der Waals surface area contributed by atoms with E-state index < -0.39 is 11.9 Å². The number of carbonyl (C=O) groups is 2. The molecule has 7 heteroatoms. The summed E-state index contributed by atoms with van der Waals surface area (Å²) >= 11 is 3.02. The van der Waals surface area contributed by atoms with Crippen LogP contribution in [0.1, 0.15) is 46.4 Å². The Kier molecular flexibility index (Phi) is 9.60. The van der Waals surface area contributed by atoms with Crippen molar-refractivity contribution in [2.45, 2.75) is 25.7 Å². The molecule has 6 nitrogen and oxygen atoms in total. The third kappa shape index (κ3) is 7.79. The highest BCUT2D eigenvalue weighted by atomic mass is 79.9. The van der Waals surface area contributed by atoms with Crippen LogP contribution in [0.5, 0.6) is 0 Å². The summed E-state index contributed by atoms with van der Waals surface area (Å²) in [5, 5.41) is 20.6. The third-order valence-corrected chi connectivity index (χ3v) is 3.31. The van der Waals surface area contributed by atoms with Crippen LogP contribution >= 0.6 is 15.9 Å². The number of hydrogen-bond acceptors (Lipinski definition) is 4. The second kappa shape index (κ2) is 10.3. The second-order valence-corrected chi connectivity index (χ2v) is 5.42. The van der Waals surface area contributed by atoms with Gasteiger partial charge in [-0.25, -0.2) is 9.59 Å². The largest absolute Gasteiger partial charge is 0.478 e. The average molecular weight is 361 g/mol. The van der Waals surface area contributed by atoms with Crippen LogP contribution in [0.25, 0.3) is 0 Å². The molecular weight excluding hydrogens is 340 g/mol. The first-order valence-corrected chi connectivity index (χ1v) is 7.28. The van der Waals surface area contributed by atoms with Crippen LogP contribution in [0.15, 0.2) is 22.7 Å². The average Bonchev–Trinajstić information content (AvgIpc) is 2.70. The molecule has 0 atom stereocenters. The molecular formula is C14H21BrN2O4. The fourth-order valence-corrected chi connectivity index (χ4v) is 2.31. The third-order valence-electron chi connectivity index (χ3n) is 2.85. The van der Waals surface area contributed by atoms with Gasteiger partial charge in [-0.05, 0) is 44.1 Å². The molecule has 1 saturated heterocycles. The molecule has 0 spiro atoms. The molecule has 1 aliphatic rings. The molecule has 0 saturated carbocycles. The van der Waals surface area contributed by atoms with Gasteiger partial charge in [0, 0.05) is 4.47 Å². The van der Waals surface area contributed by atoms with E-state index in [2.05, 4.69) is 21.2 Å². The number of halogens is 1. The molecule has 2 rings (SSSR count). The molecule has 118 valence electrons. The Morgan fingerprint density at radius 2 is 1.33 bits per heavy atom. The Hall–Kier alpha value is -1.44. The zero-order valence-corrected chi connectivity index (χ0v) is 13.4. The maximum absolute atomic E-state index is 10.5. The predicted molar refractivity (Wildman–Crippen MR) is 84.4 cm³/mol. The lowest BCUT2D eigenvalue weighted by atomic mass is 10.1. The van der Waals surface area contributed by atoms with Crippen LogP contribution in [0.4, 0.5) is 0 Å². The molecule has 0 bridgehead atoms. The maximum Gasteiger partial charge on any atom is 0.335 e. The van der Waals surface area contributed by atoms with E-state index in [1.54, 1.807) is 0 Å². The Morgan fingerprint density at radius 1 is 0.905 bits per heavy atom. The van der Waals surface area contributed by atoms with Gasteiger partial charge in [-0.1, -0.05) is 28.8 Å². The molecule has 1 heterocycles. The Labute approximate surface area is 132 Å². The fraction of sp³-hybridized carbons (Fsp3) is 0.429. The summed E-state index contributed by atoms with van der Waals surface area (Å²) < 4.78 is 0.435. The molecule has 1 aromatic carbocycles. The van der Waals surface area contributed by atoms with Crippen molar-refractivity contribution in [1.29, 1.82) is 0 Å². The van der Waals surface area contributed by atoms with Gasteiger partial charge in [-0.3, -0.25) is 0 Å². The normalized spacial score (nSPS) is 14.0. The minimum absolute atomic E-state index is 0. The van der Waals surface area contributed by atoms with E-state index in [0.717, 1.165) is 6.07 Å². The van der Waals surface area contributed by atoms with Crippen LogP contribution in [0.3, 0.4) is 0 Å². The number of nitrogens with one attached hydrogen (secondary N) is 1. The molecule has 0 amide bonds. The first kappa shape index (κ1) is 19.6. The van der Waals surface area contributed by atoms with Gasteiger partial charge in [-0.15, -0.1) is 0 Å². The second-order valence-electron chi connectivity index (χ2n) is 4.50. The van der Waals surface area contributed by atoms with Crippen molar-refractivity contribution >= 4 is 27.9 Å². The lowest BCUT2D eigenvalue weighted by molar-refractivity contribution is 0.0696. The van der Waals surface area contributed by atoms with Crippen molar-refractivity contribution < 1.29 is 19.8 Å². The van der Waals surface area contributed by atoms with Gasteiger partial charge in [0.05, 0.1) is 11.1 Å². The molecule has 1 aliphatic heterocycles. The Bertz CT molecular complexity index is 428. The minimum atomic E-state index is -1.15. The smallest absolute Gasteiger partial charge is 0.335 e. The summed E-state index contributed by atoms with van der Waals surface area (Å²) in [6.45, 7) is 2.50. The summed E-state index contributed by atoms with van der Waals surface area (Å²) in [7, 11) is 0. The highest BCUT2D eigenvalue weighted by molar-refractivity contribution is 9.10. The predicted octanol–water partition coefficient (Wildman–Crippen LogP) is 3.16. The van der Waals surface area contributed by atoms with Gasteiger partial charge in [0.15, 0.2) is 0 Å². The molecule has 6 N–H and O–H groups in total. The molecule has 1 aromatic rings. The zero-order valence-electron chi connectivity index (χ0n) is 11.8. The quantitative estimate of drug-likeness (QED) is 0.642. The lowest BCUT2D eigenvalue weighted by Gasteiger charge is -1.98. The van der Waals surface area contributed by atoms with E-state index in [-0.39, 0.29) is 17.3 Å². The van der Waals surface area contributed by atoms with E-state index in [1.165, 1.54) is 50.9 Å². The molecule has 1 fully saturated rings. The molecule has 21 heavy (non-hydrogen) atoms. The van der Waals surface area contributed by atoms with Crippen molar-refractivity contribution in [2.24, 2.45) is 0 Å². The number of hydrogen-bond donors (Lipinski definition) is 4. The highest BCUT2D eigenvalue weighted by Gasteiger charge is 2.09. The SMILES string of the molecule is C1CCCNCC1.N.O=C(O)c1cc(Br)cc(C(=O)O)c1. The van der Waals surface area contributed by atoms with E-state index in [9.17, 15) is 9.59 Å². The van der Waals surface area contributed by atoms with Crippen LogP contribution in [0, 0.1) is 0 Å². The van der Waals surface area contributed by atoms with Gasteiger partial charge < -0.3 is 21.7 Å². The van der Waals surface area contributed by atoms with Crippen LogP contribution in [0.2, 0.25) is 0 Å². The van der Waals surface area contributed by atoms with Crippen molar-refractivity contribution in [3.05, 3.63) is 33.8 Å². The van der Waals surface area contributed by atoms with Crippen molar-refractivity contribution in [3.63, 3.8) is 0 Å². The van der Waals surface area contributed by atoms with Gasteiger partial charge >= 0.3 is 11.9 Å². The summed E-state index contributed by atoms with van der Waals surface area (Å²) in [6.07, 6.45) is 5.65. The molecule has 0 unspecified atom stereocenters. The van der Waals surface area contributed by atoms with E-state index in [1.807, 2.05) is 0 Å². The molecule has 0 aliphatic carbocycles. The van der Waals surface area contributed by atoms with E-state index >= 15 is 0 Å². The number of benzene rings is 1. The number of carboxylic acids is 2. The standard InChI is InChI=1S/C8H5BrO4.C6H13N.H3N/c9-6-2-4(7(10)11)1-5(3-6)8(12)13;1-2-4-6-7-5-3-1;/h1-3H,(H,10,11)(H,12,13);7H,1-6H2;1H3. The Morgan fingerprint density at radius 3 is 1.71 bits per heavy atom. The Balaban J connectivity index is 0.000000425. The monoisotopic (exact) mass is 360 g/mol. The van der Waals surface area contributed by atoms with Crippen LogP contribution < -0.4 is 11.5 Å². The van der Waals surface area contributed by atoms with Gasteiger partial charge in [0.2, 0.25) is 0 Å². The first-order valence-electron chi connectivity index (χ1n) is 6.48. The van der Waals surface area contributed by atoms with Gasteiger partial charge in [0.1, 0.15) is 0 Å². The van der Waals surface area contributed by atoms with Gasteiger partial charge in [-0.2, -0.15) is 0 Å². The van der Waals surface area contributed by atoms with E-state index in [4.69, 9.17) is 10.2 Å². The first-order chi connectivity index (χ1) is 9.50. The topological polar surface area (TPSA) is 122 Å². The number of aromatic carboxylic acids is 2.